The van der Waals surface area contributed by atoms with Crippen LogP contribution in [0.5, 0.6) is 0 Å². The van der Waals surface area contributed by atoms with E-state index in [0.717, 1.165) is 0 Å². The number of carboxylic acids is 1. The number of aliphatic carboxylic acids is 1. The maximum atomic E-state index is 12.3. The van der Waals surface area contributed by atoms with Gasteiger partial charge in [0.2, 0.25) is 5.69 Å². The van der Waals surface area contributed by atoms with Crippen LogP contribution < -0.4 is 4.90 Å². The molecule has 23 heteroatoms. The van der Waals surface area contributed by atoms with Gasteiger partial charge in [0, 0.05) is 80.5 Å². The van der Waals surface area contributed by atoms with E-state index < -0.39 is 62.7 Å². The number of ether oxygens (including phenoxy) is 7. The van der Waals surface area contributed by atoms with E-state index in [2.05, 4.69) is 0 Å². The third kappa shape index (κ3) is 17.3. The van der Waals surface area contributed by atoms with Crippen molar-refractivity contribution >= 4 is 53.4 Å². The zero-order valence-corrected chi connectivity index (χ0v) is 42.2. The van der Waals surface area contributed by atoms with E-state index in [1.54, 1.807) is 39.4 Å². The molecule has 0 fully saturated rings. The van der Waals surface area contributed by atoms with Crippen molar-refractivity contribution in [1.29, 1.82) is 0 Å². The third-order valence-corrected chi connectivity index (χ3v) is 14.5. The van der Waals surface area contributed by atoms with E-state index in [-0.39, 0.29) is 45.7 Å². The second kappa shape index (κ2) is 27.2. The summed E-state index contributed by atoms with van der Waals surface area (Å²) in [6.07, 6.45) is 7.12. The van der Waals surface area contributed by atoms with Gasteiger partial charge in [-0.15, -0.1) is 0 Å². The van der Waals surface area contributed by atoms with Crippen molar-refractivity contribution in [3.05, 3.63) is 71.5 Å². The van der Waals surface area contributed by atoms with Gasteiger partial charge in [-0.25, -0.2) is 25.3 Å². The van der Waals surface area contributed by atoms with Crippen LogP contribution in [0.2, 0.25) is 0 Å². The molecule has 0 saturated carbocycles. The van der Waals surface area contributed by atoms with E-state index >= 15 is 0 Å². The Morgan fingerprint density at radius 2 is 1.20 bits per heavy atom. The molecular weight excluding hydrogens is 965 g/mol. The summed E-state index contributed by atoms with van der Waals surface area (Å²) in [6, 6.07) is 8.21. The van der Waals surface area contributed by atoms with Crippen LogP contribution in [0.15, 0.2) is 70.1 Å². The number of carboxylic acid groups (broad SMARTS) is 1. The summed E-state index contributed by atoms with van der Waals surface area (Å²) in [5.41, 5.74) is 1.42. The van der Waals surface area contributed by atoms with Crippen LogP contribution in [0, 0.1) is 0 Å². The van der Waals surface area contributed by atoms with Crippen LogP contribution in [0.25, 0.3) is 0 Å². The van der Waals surface area contributed by atoms with Crippen molar-refractivity contribution in [3.8, 4) is 0 Å². The summed E-state index contributed by atoms with van der Waals surface area (Å²) in [5.74, 6) is -1.62. The van der Waals surface area contributed by atoms with E-state index in [4.69, 9.17) is 33.2 Å². The molecule has 0 bridgehead atoms. The zero-order chi connectivity index (χ0) is 50.7. The largest absolute Gasteiger partial charge is 0.748 e. The van der Waals surface area contributed by atoms with E-state index in [9.17, 15) is 48.8 Å². The SMILES string of the molecule is COCCOCCOCCOCCOCCOCCC1(C)/C(=C\C=C\C2=[N+](CCCCCC(=O)O)c3ccc(S(=O)(=O)[O-])cc3C2(C)CCCS(=O)(=O)[O-])N(CCOC)c2ccc(S(=O)(=O)[O-])cc21. The number of allylic oxidation sites excluding steroid dienone is 4. The summed E-state index contributed by atoms with van der Waals surface area (Å²) in [6.45, 7) is 8.76. The fourth-order valence-corrected chi connectivity index (χ4v) is 10.0. The van der Waals surface area contributed by atoms with Crippen LogP contribution in [0.1, 0.15) is 69.9 Å². The quantitative estimate of drug-likeness (QED) is 0.0584. The first-order valence-electron chi connectivity index (χ1n) is 22.7. The van der Waals surface area contributed by atoms with E-state index in [1.165, 1.54) is 30.3 Å². The summed E-state index contributed by atoms with van der Waals surface area (Å²) >= 11 is 0. The predicted octanol–water partition coefficient (Wildman–Crippen LogP) is 3.81. The van der Waals surface area contributed by atoms with Gasteiger partial charge < -0.3 is 56.8 Å². The van der Waals surface area contributed by atoms with Gasteiger partial charge in [0.05, 0.1) is 98.0 Å². The van der Waals surface area contributed by atoms with Crippen LogP contribution in [-0.4, -0.2) is 173 Å². The normalized spacial score (nSPS) is 19.1. The average Bonchev–Trinajstić information content (AvgIpc) is 3.64. The highest BCUT2D eigenvalue weighted by atomic mass is 32.2. The maximum absolute atomic E-state index is 12.3. The molecule has 2 aliphatic heterocycles. The second-order valence-electron chi connectivity index (χ2n) is 16.9. The van der Waals surface area contributed by atoms with Crippen molar-refractivity contribution < 1.29 is 86.5 Å². The van der Waals surface area contributed by atoms with Gasteiger partial charge >= 0.3 is 5.97 Å². The first-order chi connectivity index (χ1) is 32.7. The summed E-state index contributed by atoms with van der Waals surface area (Å²) < 4.78 is 150. The number of methoxy groups -OCH3 is 2. The zero-order valence-electron chi connectivity index (χ0n) is 39.8. The number of hydrogen-bond acceptors (Lipinski definition) is 18. The first kappa shape index (κ1) is 57.9. The summed E-state index contributed by atoms with van der Waals surface area (Å²) in [5, 5.41) is 9.21. The number of benzene rings is 2. The van der Waals surface area contributed by atoms with Crippen molar-refractivity contribution in [2.45, 2.75) is 79.4 Å². The lowest BCUT2D eigenvalue weighted by Gasteiger charge is -2.30. The Labute approximate surface area is 406 Å². The highest BCUT2D eigenvalue weighted by Gasteiger charge is 2.48. The molecule has 2 aliphatic rings. The minimum Gasteiger partial charge on any atom is -0.748 e. The molecule has 4 rings (SSSR count). The fraction of sp³-hybridized carbons (Fsp3) is 0.609. The van der Waals surface area contributed by atoms with Gasteiger partial charge in [-0.3, -0.25) is 4.79 Å². The molecule has 2 heterocycles. The van der Waals surface area contributed by atoms with Crippen LogP contribution in [0.3, 0.4) is 0 Å². The Balaban J connectivity index is 1.63. The van der Waals surface area contributed by atoms with Crippen molar-refractivity contribution in [2.75, 3.05) is 117 Å². The van der Waals surface area contributed by atoms with Crippen molar-refractivity contribution in [1.82, 2.24) is 0 Å². The molecule has 0 radical (unpaired) electrons. The fourth-order valence-electron chi connectivity index (χ4n) is 8.52. The van der Waals surface area contributed by atoms with Gasteiger partial charge in [0.15, 0.2) is 5.71 Å². The highest BCUT2D eigenvalue weighted by molar-refractivity contribution is 7.86. The Bertz CT molecular complexity index is 2440. The molecular formula is C46H66N2O18S3-2. The van der Waals surface area contributed by atoms with E-state index in [1.807, 2.05) is 22.5 Å². The van der Waals surface area contributed by atoms with Gasteiger partial charge in [-0.1, -0.05) is 6.08 Å². The highest BCUT2D eigenvalue weighted by Crippen LogP contribution is 2.51. The molecule has 20 nitrogen and oxygen atoms in total. The first-order valence-corrected chi connectivity index (χ1v) is 27.1. The third-order valence-electron chi connectivity index (χ3n) is 12.0. The monoisotopic (exact) mass is 1030 g/mol. The number of nitrogens with zero attached hydrogens (tertiary/aromatic N) is 2. The van der Waals surface area contributed by atoms with Crippen LogP contribution in [-0.2, 0) is 79.1 Å². The lowest BCUT2D eigenvalue weighted by Crippen LogP contribution is -2.33. The Kier molecular flexibility index (Phi) is 22.8. The molecule has 2 aromatic carbocycles. The number of carbonyl (C=O) groups is 1. The van der Waals surface area contributed by atoms with Gasteiger partial charge in [-0.2, -0.15) is 4.58 Å². The topological polar surface area (TPSA) is 280 Å². The molecule has 0 aromatic heterocycles. The molecule has 2 aromatic rings. The molecule has 0 saturated heterocycles. The Morgan fingerprint density at radius 1 is 0.667 bits per heavy atom. The minimum absolute atomic E-state index is 0.0328. The molecule has 1 N–H and O–H groups in total. The lowest BCUT2D eigenvalue weighted by molar-refractivity contribution is -0.438. The maximum Gasteiger partial charge on any atom is 0.303 e. The smallest absolute Gasteiger partial charge is 0.303 e. The number of hydrogen-bond donors (Lipinski definition) is 1. The number of unbranched alkanes of at least 4 members (excludes halogenated alkanes) is 2. The summed E-state index contributed by atoms with van der Waals surface area (Å²) in [7, 11) is -11.2. The number of fused-ring (bicyclic) bond motifs is 2. The minimum atomic E-state index is -4.91. The lowest BCUT2D eigenvalue weighted by atomic mass is 9.75. The molecule has 388 valence electrons. The summed E-state index contributed by atoms with van der Waals surface area (Å²) in [4.78, 5) is 12.3. The van der Waals surface area contributed by atoms with Crippen molar-refractivity contribution in [2.24, 2.45) is 0 Å². The second-order valence-corrected chi connectivity index (χ2v) is 21.2. The predicted molar refractivity (Wildman–Crippen MR) is 250 cm³/mol. The molecule has 2 unspecified atom stereocenters. The van der Waals surface area contributed by atoms with E-state index in [0.29, 0.717) is 126 Å². The van der Waals surface area contributed by atoms with Crippen LogP contribution >= 0.6 is 0 Å². The van der Waals surface area contributed by atoms with Gasteiger partial charge in [0.1, 0.15) is 26.8 Å². The number of rotatable bonds is 35. The number of anilines is 1. The molecule has 69 heavy (non-hydrogen) atoms. The van der Waals surface area contributed by atoms with Crippen molar-refractivity contribution in [3.63, 3.8) is 0 Å². The molecule has 0 spiro atoms. The standard InChI is InChI=1S/C46H68N2O18S3/c1-45(17-9-33-67(51,52)53)38-34-36(68(54,55)56)13-15-40(38)47(19-7-5-6-12-44(49)50)42(45)10-8-11-43-46(2,39-35-37(69(57,58)59)14-16-41(39)48(43)20-22-60-3)18-21-62-25-26-64-29-30-66-32-31-65-28-27-63-24-23-61-4/h8,10-11,13-16,34-35H,5-7,9,12,17-33H2,1-4H3,(H3-,49,50,51,52,53,54,55,56,57,58,59)/p-2. The van der Waals surface area contributed by atoms with Crippen LogP contribution in [0.4, 0.5) is 11.4 Å². The molecule has 0 amide bonds. The van der Waals surface area contributed by atoms with Gasteiger partial charge in [-0.05, 0) is 87.9 Å². The Morgan fingerprint density at radius 3 is 1.74 bits per heavy atom. The Hall–Kier alpha value is -3.69. The molecule has 2 atom stereocenters. The van der Waals surface area contributed by atoms with Gasteiger partial charge in [0.25, 0.3) is 0 Å². The molecule has 0 aliphatic carbocycles. The average molecular weight is 1030 g/mol.